The van der Waals surface area contributed by atoms with Crippen molar-refractivity contribution in [3.05, 3.63) is 59.1 Å². The van der Waals surface area contributed by atoms with Crippen molar-refractivity contribution in [2.24, 2.45) is 0 Å². The largest absolute Gasteiger partial charge is 0.507 e. The summed E-state index contributed by atoms with van der Waals surface area (Å²) in [6.07, 6.45) is 0. The maximum Gasteiger partial charge on any atom is 0.230 e. The Morgan fingerprint density at radius 3 is 2.62 bits per heavy atom. The number of nitrogens with one attached hydrogen (secondary N) is 1. The minimum absolute atomic E-state index is 0.101. The van der Waals surface area contributed by atoms with Crippen molar-refractivity contribution in [3.63, 3.8) is 0 Å². The minimum Gasteiger partial charge on any atom is -0.507 e. The molecule has 3 nitrogen and oxygen atoms in total. The van der Waals surface area contributed by atoms with Gasteiger partial charge in [-0.3, -0.25) is 4.79 Å². The van der Waals surface area contributed by atoms with Crippen molar-refractivity contribution in [1.82, 2.24) is 5.32 Å². The molecule has 2 aromatic carbocycles. The zero-order chi connectivity index (χ0) is 15.2. The van der Waals surface area contributed by atoms with Crippen LogP contribution in [0.15, 0.2) is 53.4 Å². The number of phenols is 1. The lowest BCUT2D eigenvalue weighted by molar-refractivity contribution is -0.119. The monoisotopic (exact) mass is 321 g/mol. The van der Waals surface area contributed by atoms with E-state index in [1.807, 2.05) is 31.2 Å². The number of rotatable bonds is 5. The van der Waals surface area contributed by atoms with E-state index < -0.39 is 0 Å². The van der Waals surface area contributed by atoms with Gasteiger partial charge in [0.1, 0.15) is 5.75 Å². The van der Waals surface area contributed by atoms with E-state index in [4.69, 9.17) is 11.6 Å². The summed E-state index contributed by atoms with van der Waals surface area (Å²) in [4.78, 5) is 12.7. The van der Waals surface area contributed by atoms with E-state index in [1.165, 1.54) is 11.8 Å². The van der Waals surface area contributed by atoms with Gasteiger partial charge in [-0.1, -0.05) is 41.9 Å². The normalized spacial score (nSPS) is 11.9. The van der Waals surface area contributed by atoms with Crippen LogP contribution in [0.25, 0.3) is 0 Å². The number of aromatic hydroxyl groups is 1. The van der Waals surface area contributed by atoms with E-state index in [1.54, 1.807) is 24.3 Å². The molecule has 5 heteroatoms. The van der Waals surface area contributed by atoms with Gasteiger partial charge in [-0.05, 0) is 30.7 Å². The first-order valence-electron chi connectivity index (χ1n) is 6.52. The third-order valence-corrected chi connectivity index (χ3v) is 4.38. The number of amides is 1. The summed E-state index contributed by atoms with van der Waals surface area (Å²) >= 11 is 7.41. The van der Waals surface area contributed by atoms with Gasteiger partial charge in [0.05, 0.1) is 11.8 Å². The summed E-state index contributed by atoms with van der Waals surface area (Å²) in [6, 6.07) is 14.2. The SMILES string of the molecule is CC(NC(=O)CSc1ccccc1O)c1ccccc1Cl. The molecule has 0 saturated carbocycles. The first-order chi connectivity index (χ1) is 10.1. The molecular formula is C16H16ClNO2S. The molecule has 0 spiro atoms. The molecule has 0 bridgehead atoms. The molecule has 0 aliphatic heterocycles. The van der Waals surface area contributed by atoms with Gasteiger partial charge >= 0.3 is 0 Å². The van der Waals surface area contributed by atoms with Crippen molar-refractivity contribution in [3.8, 4) is 5.75 Å². The van der Waals surface area contributed by atoms with Crippen LogP contribution in [-0.4, -0.2) is 16.8 Å². The summed E-state index contributed by atoms with van der Waals surface area (Å²) in [5.41, 5.74) is 0.889. The third kappa shape index (κ3) is 4.41. The Balaban J connectivity index is 1.90. The summed E-state index contributed by atoms with van der Waals surface area (Å²) in [7, 11) is 0. The van der Waals surface area contributed by atoms with Gasteiger partial charge in [-0.15, -0.1) is 11.8 Å². The molecule has 1 unspecified atom stereocenters. The molecular weight excluding hydrogens is 306 g/mol. The van der Waals surface area contributed by atoms with Gasteiger partial charge in [-0.25, -0.2) is 0 Å². The van der Waals surface area contributed by atoms with Crippen LogP contribution in [0.1, 0.15) is 18.5 Å². The van der Waals surface area contributed by atoms with E-state index in [0.717, 1.165) is 5.56 Å². The number of thioether (sulfide) groups is 1. The van der Waals surface area contributed by atoms with Crippen LogP contribution in [0.3, 0.4) is 0 Å². The molecule has 2 N–H and O–H groups in total. The van der Waals surface area contributed by atoms with Gasteiger partial charge in [0.15, 0.2) is 0 Å². The number of hydrogen-bond donors (Lipinski definition) is 2. The maximum absolute atomic E-state index is 12.0. The first-order valence-corrected chi connectivity index (χ1v) is 7.89. The molecule has 0 aliphatic carbocycles. The van der Waals surface area contributed by atoms with E-state index in [0.29, 0.717) is 9.92 Å². The van der Waals surface area contributed by atoms with Gasteiger partial charge < -0.3 is 10.4 Å². The van der Waals surface area contributed by atoms with Crippen LogP contribution in [-0.2, 0) is 4.79 Å². The fraction of sp³-hybridized carbons (Fsp3) is 0.188. The Morgan fingerprint density at radius 2 is 1.90 bits per heavy atom. The number of halogens is 1. The van der Waals surface area contributed by atoms with Crippen LogP contribution < -0.4 is 5.32 Å². The fourth-order valence-corrected chi connectivity index (χ4v) is 2.97. The molecule has 0 aliphatic rings. The number of hydrogen-bond acceptors (Lipinski definition) is 3. The summed E-state index contributed by atoms with van der Waals surface area (Å²) in [5.74, 6) is 0.331. The highest BCUT2D eigenvalue weighted by Crippen LogP contribution is 2.28. The Morgan fingerprint density at radius 1 is 1.24 bits per heavy atom. The average molecular weight is 322 g/mol. The molecule has 0 radical (unpaired) electrons. The standard InChI is InChI=1S/C16H16ClNO2S/c1-11(12-6-2-3-7-13(12)17)18-16(20)10-21-15-9-5-4-8-14(15)19/h2-9,11,19H,10H2,1H3,(H,18,20). The number of phenolic OH excluding ortho intramolecular Hbond substituents is 1. The van der Waals surface area contributed by atoms with Gasteiger partial charge in [0, 0.05) is 9.92 Å². The highest BCUT2D eigenvalue weighted by atomic mass is 35.5. The molecule has 0 fully saturated rings. The predicted octanol–water partition coefficient (Wildman–Crippen LogP) is 4.02. The molecule has 110 valence electrons. The van der Waals surface area contributed by atoms with Crippen molar-refractivity contribution in [2.45, 2.75) is 17.9 Å². The number of benzene rings is 2. The molecule has 0 heterocycles. The maximum atomic E-state index is 12.0. The second-order valence-electron chi connectivity index (χ2n) is 4.57. The second kappa shape index (κ2) is 7.38. The molecule has 2 aromatic rings. The molecule has 1 atom stereocenters. The molecule has 0 aromatic heterocycles. The lowest BCUT2D eigenvalue weighted by atomic mass is 10.1. The first kappa shape index (κ1) is 15.7. The quantitative estimate of drug-likeness (QED) is 0.818. The smallest absolute Gasteiger partial charge is 0.230 e. The minimum atomic E-state index is -0.156. The van der Waals surface area contributed by atoms with Crippen molar-refractivity contribution < 1.29 is 9.90 Å². The number of para-hydroxylation sites is 1. The molecule has 2 rings (SSSR count). The van der Waals surface area contributed by atoms with E-state index in [9.17, 15) is 9.90 Å². The summed E-state index contributed by atoms with van der Waals surface area (Å²) < 4.78 is 0. The van der Waals surface area contributed by atoms with E-state index >= 15 is 0 Å². The topological polar surface area (TPSA) is 49.3 Å². The Labute approximate surface area is 133 Å². The third-order valence-electron chi connectivity index (χ3n) is 2.97. The van der Waals surface area contributed by atoms with Crippen LogP contribution in [0.5, 0.6) is 5.75 Å². The number of carbonyl (C=O) groups excluding carboxylic acids is 1. The molecule has 1 amide bonds. The highest BCUT2D eigenvalue weighted by Gasteiger charge is 2.13. The Bertz CT molecular complexity index is 633. The molecule has 0 saturated heterocycles. The fourth-order valence-electron chi connectivity index (χ4n) is 1.91. The lowest BCUT2D eigenvalue weighted by Crippen LogP contribution is -2.28. The Hall–Kier alpha value is -1.65. The van der Waals surface area contributed by atoms with Crippen molar-refractivity contribution >= 4 is 29.3 Å². The zero-order valence-electron chi connectivity index (χ0n) is 11.5. The second-order valence-corrected chi connectivity index (χ2v) is 5.99. The zero-order valence-corrected chi connectivity index (χ0v) is 13.1. The van der Waals surface area contributed by atoms with Crippen LogP contribution in [0, 0.1) is 0 Å². The van der Waals surface area contributed by atoms with Crippen LogP contribution in [0.2, 0.25) is 5.02 Å². The average Bonchev–Trinajstić information content (AvgIpc) is 2.46. The molecule has 21 heavy (non-hydrogen) atoms. The van der Waals surface area contributed by atoms with Crippen molar-refractivity contribution in [2.75, 3.05) is 5.75 Å². The van der Waals surface area contributed by atoms with Gasteiger partial charge in [0.2, 0.25) is 5.91 Å². The highest BCUT2D eigenvalue weighted by molar-refractivity contribution is 8.00. The summed E-state index contributed by atoms with van der Waals surface area (Å²) in [6.45, 7) is 1.89. The lowest BCUT2D eigenvalue weighted by Gasteiger charge is -2.15. The van der Waals surface area contributed by atoms with Gasteiger partial charge in [0.25, 0.3) is 0 Å². The number of carbonyl (C=O) groups is 1. The Kier molecular flexibility index (Phi) is 5.53. The van der Waals surface area contributed by atoms with Gasteiger partial charge in [-0.2, -0.15) is 0 Å². The van der Waals surface area contributed by atoms with Crippen LogP contribution >= 0.6 is 23.4 Å². The van der Waals surface area contributed by atoms with Crippen molar-refractivity contribution in [1.29, 1.82) is 0 Å². The van der Waals surface area contributed by atoms with Crippen LogP contribution in [0.4, 0.5) is 0 Å². The van der Waals surface area contributed by atoms with E-state index in [2.05, 4.69) is 5.32 Å². The summed E-state index contributed by atoms with van der Waals surface area (Å²) in [5, 5.41) is 13.2. The predicted molar refractivity (Wildman–Crippen MR) is 86.8 cm³/mol. The van der Waals surface area contributed by atoms with E-state index in [-0.39, 0.29) is 23.5 Å².